The maximum absolute atomic E-state index is 12.0. The molecule has 2 aromatic carbocycles. The third-order valence-corrected chi connectivity index (χ3v) is 3.40. The molecule has 0 saturated carbocycles. The summed E-state index contributed by atoms with van der Waals surface area (Å²) in [7, 11) is 0. The fourth-order valence-corrected chi connectivity index (χ4v) is 2.13. The summed E-state index contributed by atoms with van der Waals surface area (Å²) in [6.07, 6.45) is 1.53. The molecule has 5 heteroatoms. The maximum atomic E-state index is 12.0. The monoisotopic (exact) mass is 326 g/mol. The molecule has 1 atom stereocenters. The number of rotatable bonds is 7. The summed E-state index contributed by atoms with van der Waals surface area (Å²) in [5.74, 6) is -0.393. The number of hydrogen-bond acceptors (Lipinski definition) is 5. The van der Waals surface area contributed by atoms with Crippen LogP contribution >= 0.6 is 0 Å². The van der Waals surface area contributed by atoms with Gasteiger partial charge in [-0.3, -0.25) is 9.59 Å². The van der Waals surface area contributed by atoms with Gasteiger partial charge in [-0.05, 0) is 48.0 Å². The smallest absolute Gasteiger partial charge is 0.165 e. The Kier molecular flexibility index (Phi) is 5.87. The second-order valence-corrected chi connectivity index (χ2v) is 5.42. The molecule has 0 heterocycles. The Balaban J connectivity index is 1.85. The molecule has 24 heavy (non-hydrogen) atoms. The van der Waals surface area contributed by atoms with Crippen molar-refractivity contribution in [3.8, 4) is 11.5 Å². The van der Waals surface area contributed by atoms with Crippen LogP contribution in [0.25, 0.3) is 6.08 Å². The molecule has 0 radical (unpaired) electrons. The molecule has 0 aliphatic carbocycles. The van der Waals surface area contributed by atoms with Crippen molar-refractivity contribution in [1.29, 1.82) is 0 Å². The van der Waals surface area contributed by atoms with E-state index in [-0.39, 0.29) is 35.9 Å². The van der Waals surface area contributed by atoms with E-state index >= 15 is 0 Å². The Morgan fingerprint density at radius 1 is 0.875 bits per heavy atom. The van der Waals surface area contributed by atoms with Gasteiger partial charge in [0.05, 0.1) is 6.10 Å². The fraction of sp³-hybridized carbons (Fsp3) is 0.158. The first-order valence-corrected chi connectivity index (χ1v) is 7.44. The van der Waals surface area contributed by atoms with Gasteiger partial charge in [0, 0.05) is 18.4 Å². The summed E-state index contributed by atoms with van der Waals surface area (Å²) in [5.41, 5.74) is 1.12. The molecule has 124 valence electrons. The largest absolute Gasteiger partial charge is 0.508 e. The molecule has 0 amide bonds. The first-order valence-electron chi connectivity index (χ1n) is 7.44. The Hall–Kier alpha value is -2.92. The summed E-state index contributed by atoms with van der Waals surface area (Å²) < 4.78 is 0. The molecule has 5 nitrogen and oxygen atoms in total. The second-order valence-electron chi connectivity index (χ2n) is 5.42. The predicted molar refractivity (Wildman–Crippen MR) is 89.8 cm³/mol. The molecule has 0 aliphatic rings. The van der Waals surface area contributed by atoms with Crippen LogP contribution in [-0.4, -0.2) is 33.0 Å². The third kappa shape index (κ3) is 5.37. The van der Waals surface area contributed by atoms with Crippen molar-refractivity contribution in [2.75, 3.05) is 0 Å². The zero-order valence-corrected chi connectivity index (χ0v) is 12.9. The molecule has 0 saturated heterocycles. The number of carbonyl (C=O) groups is 2. The van der Waals surface area contributed by atoms with Gasteiger partial charge in [0.1, 0.15) is 11.5 Å². The van der Waals surface area contributed by atoms with Gasteiger partial charge in [-0.1, -0.05) is 18.2 Å². The molecule has 0 fully saturated rings. The van der Waals surface area contributed by atoms with Gasteiger partial charge in [0.15, 0.2) is 11.6 Å². The van der Waals surface area contributed by atoms with Gasteiger partial charge in [0.25, 0.3) is 0 Å². The summed E-state index contributed by atoms with van der Waals surface area (Å²) in [4.78, 5) is 23.8. The van der Waals surface area contributed by atoms with E-state index in [1.54, 1.807) is 18.2 Å². The maximum Gasteiger partial charge on any atom is 0.165 e. The van der Waals surface area contributed by atoms with E-state index in [0.29, 0.717) is 5.56 Å². The lowest BCUT2D eigenvalue weighted by Gasteiger charge is -2.08. The minimum Gasteiger partial charge on any atom is -0.508 e. The van der Waals surface area contributed by atoms with E-state index in [2.05, 4.69) is 0 Å². The second kappa shape index (κ2) is 8.08. The van der Waals surface area contributed by atoms with E-state index in [9.17, 15) is 24.9 Å². The van der Waals surface area contributed by atoms with Crippen molar-refractivity contribution in [2.45, 2.75) is 18.9 Å². The Morgan fingerprint density at radius 3 is 2.00 bits per heavy atom. The molecule has 0 spiro atoms. The van der Waals surface area contributed by atoms with Crippen molar-refractivity contribution < 1.29 is 24.9 Å². The summed E-state index contributed by atoms with van der Waals surface area (Å²) in [5, 5.41) is 28.2. The van der Waals surface area contributed by atoms with Gasteiger partial charge < -0.3 is 15.3 Å². The molecule has 0 aliphatic heterocycles. The van der Waals surface area contributed by atoms with Crippen molar-refractivity contribution in [2.24, 2.45) is 0 Å². The zero-order chi connectivity index (χ0) is 17.5. The van der Waals surface area contributed by atoms with Crippen molar-refractivity contribution in [1.82, 2.24) is 0 Å². The van der Waals surface area contributed by atoms with E-state index in [0.717, 1.165) is 5.56 Å². The van der Waals surface area contributed by atoms with Gasteiger partial charge >= 0.3 is 0 Å². The number of aliphatic hydroxyl groups is 1. The Morgan fingerprint density at radius 2 is 1.42 bits per heavy atom. The van der Waals surface area contributed by atoms with Crippen LogP contribution in [-0.2, 0) is 4.79 Å². The van der Waals surface area contributed by atoms with Crippen LogP contribution in [0.15, 0.2) is 54.6 Å². The number of benzene rings is 2. The van der Waals surface area contributed by atoms with E-state index in [4.69, 9.17) is 0 Å². The van der Waals surface area contributed by atoms with Crippen LogP contribution in [0.2, 0.25) is 0 Å². The van der Waals surface area contributed by atoms with Crippen LogP contribution < -0.4 is 0 Å². The Labute approximate surface area is 139 Å². The summed E-state index contributed by atoms with van der Waals surface area (Å²) in [6.45, 7) is 0. The van der Waals surface area contributed by atoms with Crippen LogP contribution in [0.1, 0.15) is 28.8 Å². The normalized spacial score (nSPS) is 12.2. The van der Waals surface area contributed by atoms with Gasteiger partial charge in [-0.25, -0.2) is 0 Å². The lowest BCUT2D eigenvalue weighted by Crippen LogP contribution is -2.17. The van der Waals surface area contributed by atoms with E-state index in [1.165, 1.54) is 42.5 Å². The van der Waals surface area contributed by atoms with Crippen LogP contribution in [0.5, 0.6) is 11.5 Å². The zero-order valence-electron chi connectivity index (χ0n) is 12.9. The number of Topliss-reactive ketones (excluding diaryl/α,β-unsaturated/α-hetero) is 1. The van der Waals surface area contributed by atoms with Gasteiger partial charge in [-0.15, -0.1) is 0 Å². The first kappa shape index (κ1) is 17.4. The number of ketones is 2. The number of carbonyl (C=O) groups excluding carboxylic acids is 2. The number of phenolic OH excluding ortho intramolecular Hbond substituents is 2. The highest BCUT2D eigenvalue weighted by Gasteiger charge is 2.15. The summed E-state index contributed by atoms with van der Waals surface area (Å²) in [6, 6.07) is 12.1. The highest BCUT2D eigenvalue weighted by molar-refractivity contribution is 5.98. The molecular weight excluding hydrogens is 308 g/mol. The average Bonchev–Trinajstić information content (AvgIpc) is 2.54. The van der Waals surface area contributed by atoms with Gasteiger partial charge in [0.2, 0.25) is 0 Å². The molecule has 3 N–H and O–H groups in total. The van der Waals surface area contributed by atoms with Crippen molar-refractivity contribution in [3.63, 3.8) is 0 Å². The highest BCUT2D eigenvalue weighted by atomic mass is 16.3. The topological polar surface area (TPSA) is 94.8 Å². The van der Waals surface area contributed by atoms with Crippen LogP contribution in [0.4, 0.5) is 0 Å². The molecule has 0 bridgehead atoms. The number of phenols is 2. The quantitative estimate of drug-likeness (QED) is 0.537. The first-order chi connectivity index (χ1) is 11.4. The molecule has 2 aromatic rings. The number of aliphatic hydroxyl groups excluding tert-OH is 1. The molecular formula is C19H18O5. The summed E-state index contributed by atoms with van der Waals surface area (Å²) >= 11 is 0. The van der Waals surface area contributed by atoms with Gasteiger partial charge in [-0.2, -0.15) is 0 Å². The molecule has 0 aromatic heterocycles. The van der Waals surface area contributed by atoms with Crippen LogP contribution in [0.3, 0.4) is 0 Å². The Bertz CT molecular complexity index is 729. The number of hydrogen-bond donors (Lipinski definition) is 3. The lowest BCUT2D eigenvalue weighted by atomic mass is 10.0. The van der Waals surface area contributed by atoms with Crippen molar-refractivity contribution >= 4 is 17.6 Å². The standard InChI is InChI=1S/C19H18O5/c20-15-6-1-13(2-7-15)3-8-17(22)11-18(23)12-19(24)14-4-9-16(21)10-5-14/h1-10,18,20-21,23H,11-12H2/b8-3+. The predicted octanol–water partition coefficient (Wildman–Crippen LogP) is 2.70. The third-order valence-electron chi connectivity index (χ3n) is 3.40. The lowest BCUT2D eigenvalue weighted by molar-refractivity contribution is -0.116. The number of allylic oxidation sites excluding steroid dienone is 1. The van der Waals surface area contributed by atoms with E-state index < -0.39 is 6.10 Å². The average molecular weight is 326 g/mol. The highest BCUT2D eigenvalue weighted by Crippen LogP contribution is 2.14. The van der Waals surface area contributed by atoms with Crippen molar-refractivity contribution in [3.05, 3.63) is 65.7 Å². The SMILES string of the molecule is O=C(/C=C/c1ccc(O)cc1)CC(O)CC(=O)c1ccc(O)cc1. The molecule has 1 unspecified atom stereocenters. The fourth-order valence-electron chi connectivity index (χ4n) is 2.13. The number of aromatic hydroxyl groups is 2. The minimum absolute atomic E-state index is 0.0571. The minimum atomic E-state index is -1.07. The molecule has 2 rings (SSSR count). The van der Waals surface area contributed by atoms with E-state index in [1.807, 2.05) is 0 Å². The van der Waals surface area contributed by atoms with Crippen LogP contribution in [0, 0.1) is 0 Å².